The van der Waals surface area contributed by atoms with Crippen LogP contribution in [0.2, 0.25) is 0 Å². The van der Waals surface area contributed by atoms with E-state index >= 15 is 0 Å². The van der Waals surface area contributed by atoms with Gasteiger partial charge in [-0.05, 0) is 37.1 Å². The van der Waals surface area contributed by atoms with E-state index in [1.165, 1.54) is 0 Å². The van der Waals surface area contributed by atoms with Crippen LogP contribution in [0.1, 0.15) is 36.9 Å². The summed E-state index contributed by atoms with van der Waals surface area (Å²) in [7, 11) is 0. The highest BCUT2D eigenvalue weighted by atomic mass is 79.9. The first-order chi connectivity index (χ1) is 9.93. The van der Waals surface area contributed by atoms with Crippen molar-refractivity contribution in [2.75, 3.05) is 19.8 Å². The summed E-state index contributed by atoms with van der Waals surface area (Å²) in [6, 6.07) is 4.07. The standard InChI is InChI=1S/C15H19BrF3NO/c1-2-6-20-14(10-5-7-21-9-10)12-4-3-11(16)8-13(12)15(17,18)19/h3-4,8,10,14,20H,2,5-7,9H2,1H3. The van der Waals surface area contributed by atoms with Crippen LogP contribution in [0, 0.1) is 5.92 Å². The molecule has 1 saturated heterocycles. The molecule has 1 heterocycles. The van der Waals surface area contributed by atoms with Crippen molar-refractivity contribution >= 4 is 15.9 Å². The third-order valence-corrected chi connectivity index (χ3v) is 4.20. The summed E-state index contributed by atoms with van der Waals surface area (Å²) in [4.78, 5) is 0. The summed E-state index contributed by atoms with van der Waals surface area (Å²) in [5.41, 5.74) is -0.257. The van der Waals surface area contributed by atoms with E-state index in [4.69, 9.17) is 4.74 Å². The molecule has 0 radical (unpaired) electrons. The average molecular weight is 366 g/mol. The number of hydrogen-bond donors (Lipinski definition) is 1. The SMILES string of the molecule is CCCNC(c1ccc(Br)cc1C(F)(F)F)C1CCOC1. The molecule has 2 rings (SSSR count). The van der Waals surface area contributed by atoms with Crippen LogP contribution >= 0.6 is 15.9 Å². The maximum atomic E-state index is 13.3. The third-order valence-electron chi connectivity index (χ3n) is 3.71. The molecule has 1 fully saturated rings. The van der Waals surface area contributed by atoms with Crippen LogP contribution in [0.15, 0.2) is 22.7 Å². The Balaban J connectivity index is 2.38. The van der Waals surface area contributed by atoms with E-state index in [0.717, 1.165) is 18.9 Å². The molecule has 0 bridgehead atoms. The first kappa shape index (κ1) is 16.8. The summed E-state index contributed by atoms with van der Waals surface area (Å²) in [5, 5.41) is 3.26. The van der Waals surface area contributed by atoms with Gasteiger partial charge in [-0.2, -0.15) is 13.2 Å². The van der Waals surface area contributed by atoms with Gasteiger partial charge < -0.3 is 10.1 Å². The van der Waals surface area contributed by atoms with Crippen LogP contribution in [0.4, 0.5) is 13.2 Å². The first-order valence-electron chi connectivity index (χ1n) is 7.11. The summed E-state index contributed by atoms with van der Waals surface area (Å²) < 4.78 is 45.8. The van der Waals surface area contributed by atoms with E-state index in [0.29, 0.717) is 29.8 Å². The molecule has 2 nitrogen and oxygen atoms in total. The molecule has 0 spiro atoms. The Morgan fingerprint density at radius 3 is 2.76 bits per heavy atom. The lowest BCUT2D eigenvalue weighted by Crippen LogP contribution is -2.31. The lowest BCUT2D eigenvalue weighted by Gasteiger charge is -2.27. The van der Waals surface area contributed by atoms with Crippen molar-refractivity contribution < 1.29 is 17.9 Å². The van der Waals surface area contributed by atoms with Crippen LogP contribution in [0.3, 0.4) is 0 Å². The molecule has 6 heteroatoms. The van der Waals surface area contributed by atoms with E-state index in [9.17, 15) is 13.2 Å². The molecule has 0 aliphatic carbocycles. The zero-order valence-electron chi connectivity index (χ0n) is 11.8. The van der Waals surface area contributed by atoms with Crippen molar-refractivity contribution in [3.8, 4) is 0 Å². The fourth-order valence-electron chi connectivity index (χ4n) is 2.69. The first-order valence-corrected chi connectivity index (χ1v) is 7.90. The Morgan fingerprint density at radius 1 is 1.43 bits per heavy atom. The number of halogens is 4. The molecule has 0 amide bonds. The Kier molecular flexibility index (Phi) is 5.68. The van der Waals surface area contributed by atoms with Gasteiger partial charge in [-0.3, -0.25) is 0 Å². The van der Waals surface area contributed by atoms with E-state index in [1.54, 1.807) is 12.1 Å². The number of nitrogens with one attached hydrogen (secondary N) is 1. The van der Waals surface area contributed by atoms with Gasteiger partial charge in [0.2, 0.25) is 0 Å². The topological polar surface area (TPSA) is 21.3 Å². The van der Waals surface area contributed by atoms with Gasteiger partial charge >= 0.3 is 6.18 Å². The van der Waals surface area contributed by atoms with Crippen molar-refractivity contribution in [3.63, 3.8) is 0 Å². The van der Waals surface area contributed by atoms with Crippen molar-refractivity contribution in [1.29, 1.82) is 0 Å². The van der Waals surface area contributed by atoms with Crippen molar-refractivity contribution in [3.05, 3.63) is 33.8 Å². The normalized spacial score (nSPS) is 20.7. The summed E-state index contributed by atoms with van der Waals surface area (Å²) >= 11 is 3.13. The van der Waals surface area contributed by atoms with Gasteiger partial charge in [0.15, 0.2) is 0 Å². The monoisotopic (exact) mass is 365 g/mol. The highest BCUT2D eigenvalue weighted by Gasteiger charge is 2.38. The van der Waals surface area contributed by atoms with Gasteiger partial charge in [0.05, 0.1) is 12.2 Å². The Bertz CT molecular complexity index is 472. The zero-order valence-corrected chi connectivity index (χ0v) is 13.4. The maximum absolute atomic E-state index is 13.3. The van der Waals surface area contributed by atoms with Crippen LogP contribution < -0.4 is 5.32 Å². The summed E-state index contributed by atoms with van der Waals surface area (Å²) in [6.45, 7) is 3.82. The van der Waals surface area contributed by atoms with Gasteiger partial charge in [0.25, 0.3) is 0 Å². The van der Waals surface area contributed by atoms with Crippen molar-refractivity contribution in [1.82, 2.24) is 5.32 Å². The number of ether oxygens (including phenoxy) is 1. The van der Waals surface area contributed by atoms with Crippen LogP contribution in [0.25, 0.3) is 0 Å². The number of hydrogen-bond acceptors (Lipinski definition) is 2. The molecule has 1 aromatic rings. The quantitative estimate of drug-likeness (QED) is 0.826. The van der Waals surface area contributed by atoms with Gasteiger partial charge in [-0.25, -0.2) is 0 Å². The predicted molar refractivity (Wildman–Crippen MR) is 79.1 cm³/mol. The molecule has 1 aliphatic heterocycles. The minimum Gasteiger partial charge on any atom is -0.381 e. The second-order valence-electron chi connectivity index (χ2n) is 5.28. The highest BCUT2D eigenvalue weighted by molar-refractivity contribution is 9.10. The van der Waals surface area contributed by atoms with Crippen LogP contribution in [0.5, 0.6) is 0 Å². The van der Waals surface area contributed by atoms with Crippen molar-refractivity contribution in [2.45, 2.75) is 32.0 Å². The van der Waals surface area contributed by atoms with E-state index in [2.05, 4.69) is 21.2 Å². The van der Waals surface area contributed by atoms with E-state index in [1.807, 2.05) is 6.92 Å². The molecule has 2 atom stereocenters. The second kappa shape index (κ2) is 7.11. The van der Waals surface area contributed by atoms with Gasteiger partial charge in [-0.15, -0.1) is 0 Å². The average Bonchev–Trinajstić information content (AvgIpc) is 2.93. The lowest BCUT2D eigenvalue weighted by molar-refractivity contribution is -0.138. The van der Waals surface area contributed by atoms with E-state index < -0.39 is 11.7 Å². The highest BCUT2D eigenvalue weighted by Crippen LogP contribution is 2.39. The zero-order chi connectivity index (χ0) is 15.5. The largest absolute Gasteiger partial charge is 0.416 e. The molecule has 21 heavy (non-hydrogen) atoms. The van der Waals surface area contributed by atoms with Gasteiger partial charge in [0, 0.05) is 23.0 Å². The lowest BCUT2D eigenvalue weighted by atomic mass is 9.89. The van der Waals surface area contributed by atoms with Crippen LogP contribution in [-0.4, -0.2) is 19.8 Å². The fourth-order valence-corrected chi connectivity index (χ4v) is 3.05. The maximum Gasteiger partial charge on any atom is 0.416 e. The fraction of sp³-hybridized carbons (Fsp3) is 0.600. The molecule has 1 aromatic carbocycles. The number of rotatable bonds is 5. The minimum absolute atomic E-state index is 0.0822. The molecule has 0 aromatic heterocycles. The Morgan fingerprint density at radius 2 is 2.19 bits per heavy atom. The Hall–Kier alpha value is -0.590. The molecular formula is C15H19BrF3NO. The van der Waals surface area contributed by atoms with Crippen molar-refractivity contribution in [2.24, 2.45) is 5.92 Å². The molecule has 2 unspecified atom stereocenters. The second-order valence-corrected chi connectivity index (χ2v) is 6.20. The van der Waals surface area contributed by atoms with E-state index in [-0.39, 0.29) is 12.0 Å². The number of alkyl halides is 3. The number of benzene rings is 1. The third kappa shape index (κ3) is 4.20. The summed E-state index contributed by atoms with van der Waals surface area (Å²) in [6.07, 6.45) is -2.69. The minimum atomic E-state index is -4.36. The molecule has 1 N–H and O–H groups in total. The Labute approximate surface area is 131 Å². The van der Waals surface area contributed by atoms with Crippen LogP contribution in [-0.2, 0) is 10.9 Å². The molecular weight excluding hydrogens is 347 g/mol. The smallest absolute Gasteiger partial charge is 0.381 e. The van der Waals surface area contributed by atoms with Gasteiger partial charge in [-0.1, -0.05) is 28.9 Å². The molecule has 118 valence electrons. The van der Waals surface area contributed by atoms with Gasteiger partial charge in [0.1, 0.15) is 0 Å². The molecule has 1 aliphatic rings. The summed E-state index contributed by atoms with van der Waals surface area (Å²) in [5.74, 6) is 0.0822. The molecule has 0 saturated carbocycles. The predicted octanol–water partition coefficient (Wildman–Crippen LogP) is 4.55.